The van der Waals surface area contributed by atoms with Crippen LogP contribution in [0.15, 0.2) is 35.5 Å². The summed E-state index contributed by atoms with van der Waals surface area (Å²) in [7, 11) is 0. The van der Waals surface area contributed by atoms with E-state index in [-0.39, 0.29) is 23.5 Å². The largest absolute Gasteiger partial charge is 0.309 e. The molecule has 1 fully saturated rings. The number of fused-ring (bicyclic) bond motifs is 4. The Morgan fingerprint density at radius 3 is 2.86 bits per heavy atom. The molecular weight excluding hydrogens is 367 g/mol. The Hall–Kier alpha value is -2.70. The van der Waals surface area contributed by atoms with Crippen molar-refractivity contribution in [2.45, 2.75) is 43.4 Å². The van der Waals surface area contributed by atoms with Gasteiger partial charge < -0.3 is 5.32 Å². The summed E-state index contributed by atoms with van der Waals surface area (Å²) in [5.41, 5.74) is 2.29. The van der Waals surface area contributed by atoms with Crippen molar-refractivity contribution in [3.63, 3.8) is 0 Å². The minimum absolute atomic E-state index is 0.0181. The second-order valence-corrected chi connectivity index (χ2v) is 7.63. The van der Waals surface area contributed by atoms with E-state index in [4.69, 9.17) is 0 Å². The highest BCUT2D eigenvalue weighted by Crippen LogP contribution is 2.49. The van der Waals surface area contributed by atoms with Gasteiger partial charge in [0.1, 0.15) is 23.6 Å². The molecule has 28 heavy (non-hydrogen) atoms. The number of hydrogen-bond donors (Lipinski definition) is 1. The Kier molecular flexibility index (Phi) is 3.82. The molecule has 0 radical (unpaired) electrons. The van der Waals surface area contributed by atoms with Gasteiger partial charge in [-0.25, -0.2) is 13.2 Å². The van der Waals surface area contributed by atoms with Crippen molar-refractivity contribution in [1.82, 2.24) is 10.3 Å². The lowest BCUT2D eigenvalue weighted by atomic mass is 9.70. The van der Waals surface area contributed by atoms with Crippen molar-refractivity contribution in [3.05, 3.63) is 64.2 Å². The average Bonchev–Trinajstić information content (AvgIpc) is 3.44. The van der Waals surface area contributed by atoms with E-state index in [1.807, 2.05) is 6.07 Å². The summed E-state index contributed by atoms with van der Waals surface area (Å²) in [5, 5.41) is 2.68. The number of benzene rings is 1. The molecule has 1 aromatic carbocycles. The van der Waals surface area contributed by atoms with Crippen LogP contribution in [0.1, 0.15) is 53.1 Å². The zero-order chi connectivity index (χ0) is 19.5. The molecule has 7 heteroatoms. The van der Waals surface area contributed by atoms with Gasteiger partial charge in [0, 0.05) is 17.5 Å². The first-order chi connectivity index (χ1) is 13.5. The van der Waals surface area contributed by atoms with Crippen LogP contribution in [0.5, 0.6) is 0 Å². The van der Waals surface area contributed by atoms with Crippen LogP contribution in [-0.4, -0.2) is 29.7 Å². The first-order valence-electron chi connectivity index (χ1n) is 9.43. The lowest BCUT2D eigenvalue weighted by Gasteiger charge is -2.36. The molecule has 1 N–H and O–H groups in total. The molecule has 1 amide bonds. The highest BCUT2D eigenvalue weighted by atomic mass is 19.3. The normalized spacial score (nSPS) is 24.6. The summed E-state index contributed by atoms with van der Waals surface area (Å²) in [4.78, 5) is 21.5. The molecule has 1 aliphatic heterocycles. The number of carbonyl (C=O) groups is 1. The third-order valence-electron chi connectivity index (χ3n) is 5.96. The number of halogens is 3. The second kappa shape index (κ2) is 6.15. The lowest BCUT2D eigenvalue weighted by Crippen LogP contribution is -2.52. The van der Waals surface area contributed by atoms with Gasteiger partial charge in [-0.1, -0.05) is 12.1 Å². The summed E-state index contributed by atoms with van der Waals surface area (Å²) in [6.07, 6.45) is 2.02. The molecule has 1 saturated carbocycles. The lowest BCUT2D eigenvalue weighted by molar-refractivity contribution is -0.124. The average molecular weight is 385 g/mol. The molecule has 144 valence electrons. The zero-order valence-electron chi connectivity index (χ0n) is 15.0. The number of nitrogens with one attached hydrogen (secondary N) is 1. The SMILES string of the molecule is O=C1NC(=NCC(F)F)c2cc(F)c(C3CC3)cc2[C@@]12CCc1ncccc12. The van der Waals surface area contributed by atoms with E-state index in [0.29, 0.717) is 29.5 Å². The Bertz CT molecular complexity index is 1020. The standard InChI is InChI=1S/C21H18F3N3O/c22-16-9-13-15(8-12(16)11-3-4-11)21(6-5-17-14(21)2-1-7-25-17)20(28)27-19(13)26-10-18(23)24/h1-2,7-9,11,18H,3-6,10H2,(H,26,27,28)/t21-/m0/s1. The van der Waals surface area contributed by atoms with Gasteiger partial charge in [0.15, 0.2) is 0 Å². The molecule has 2 aliphatic carbocycles. The van der Waals surface area contributed by atoms with Crippen LogP contribution in [0.25, 0.3) is 0 Å². The molecule has 5 rings (SSSR count). The van der Waals surface area contributed by atoms with E-state index in [1.54, 1.807) is 18.3 Å². The molecule has 1 spiro atoms. The van der Waals surface area contributed by atoms with E-state index >= 15 is 0 Å². The summed E-state index contributed by atoms with van der Waals surface area (Å²) >= 11 is 0. The smallest absolute Gasteiger partial charge is 0.257 e. The predicted molar refractivity (Wildman–Crippen MR) is 97.3 cm³/mol. The van der Waals surface area contributed by atoms with Gasteiger partial charge in [-0.3, -0.25) is 14.8 Å². The molecule has 0 unspecified atom stereocenters. The van der Waals surface area contributed by atoms with Crippen LogP contribution in [0.4, 0.5) is 13.2 Å². The molecule has 0 saturated heterocycles. The van der Waals surface area contributed by atoms with Gasteiger partial charge in [-0.05, 0) is 60.4 Å². The van der Waals surface area contributed by atoms with Gasteiger partial charge in [0.25, 0.3) is 6.43 Å². The minimum atomic E-state index is -2.64. The summed E-state index contributed by atoms with van der Waals surface area (Å²) in [6, 6.07) is 6.77. The third kappa shape index (κ3) is 2.48. The molecule has 1 atom stereocenters. The third-order valence-corrected chi connectivity index (χ3v) is 5.96. The second-order valence-electron chi connectivity index (χ2n) is 7.63. The maximum atomic E-state index is 14.8. The van der Waals surface area contributed by atoms with Gasteiger partial charge in [-0.15, -0.1) is 0 Å². The van der Waals surface area contributed by atoms with Crippen LogP contribution in [0, 0.1) is 5.82 Å². The number of hydrogen-bond acceptors (Lipinski definition) is 3. The minimum Gasteiger partial charge on any atom is -0.309 e. The molecule has 3 aliphatic rings. The number of pyridine rings is 1. The molecular formula is C21H18F3N3O. The molecule has 2 heterocycles. The first-order valence-corrected chi connectivity index (χ1v) is 9.43. The number of aliphatic imine (C=N–C) groups is 1. The van der Waals surface area contributed by atoms with Crippen molar-refractivity contribution in [2.75, 3.05) is 6.54 Å². The van der Waals surface area contributed by atoms with Crippen molar-refractivity contribution in [1.29, 1.82) is 0 Å². The van der Waals surface area contributed by atoms with Crippen LogP contribution in [0.3, 0.4) is 0 Å². The summed E-state index contributed by atoms with van der Waals surface area (Å²) < 4.78 is 40.2. The Balaban J connectivity index is 1.75. The number of carbonyl (C=O) groups excluding carboxylic acids is 1. The number of nitrogens with zero attached hydrogens (tertiary/aromatic N) is 2. The molecule has 1 aromatic heterocycles. The number of aromatic nitrogens is 1. The predicted octanol–water partition coefficient (Wildman–Crippen LogP) is 3.47. The van der Waals surface area contributed by atoms with Gasteiger partial charge in [0.2, 0.25) is 5.91 Å². The maximum Gasteiger partial charge on any atom is 0.257 e. The molecule has 4 nitrogen and oxygen atoms in total. The van der Waals surface area contributed by atoms with E-state index in [1.165, 1.54) is 6.07 Å². The van der Waals surface area contributed by atoms with E-state index in [9.17, 15) is 18.0 Å². The highest BCUT2D eigenvalue weighted by Gasteiger charge is 2.52. The van der Waals surface area contributed by atoms with Crippen LogP contribution >= 0.6 is 0 Å². The molecule has 0 bridgehead atoms. The maximum absolute atomic E-state index is 14.8. The quantitative estimate of drug-likeness (QED) is 0.880. The van der Waals surface area contributed by atoms with Crippen molar-refractivity contribution < 1.29 is 18.0 Å². The number of amides is 1. The monoisotopic (exact) mass is 385 g/mol. The van der Waals surface area contributed by atoms with Crippen molar-refractivity contribution >= 4 is 11.7 Å². The van der Waals surface area contributed by atoms with Crippen LogP contribution in [-0.2, 0) is 16.6 Å². The number of rotatable bonds is 3. The summed E-state index contributed by atoms with van der Waals surface area (Å²) in [5.74, 6) is -0.511. The topological polar surface area (TPSA) is 54.4 Å². The fourth-order valence-corrected chi connectivity index (χ4v) is 4.52. The van der Waals surface area contributed by atoms with Crippen molar-refractivity contribution in [3.8, 4) is 0 Å². The van der Waals surface area contributed by atoms with E-state index in [0.717, 1.165) is 24.1 Å². The number of alkyl halides is 2. The van der Waals surface area contributed by atoms with Gasteiger partial charge >= 0.3 is 0 Å². The van der Waals surface area contributed by atoms with Gasteiger partial charge in [0.05, 0.1) is 0 Å². The van der Waals surface area contributed by atoms with E-state index in [2.05, 4.69) is 15.3 Å². The number of amidine groups is 1. The Morgan fingerprint density at radius 1 is 1.29 bits per heavy atom. The number of aryl methyl sites for hydroxylation is 1. The Labute approximate surface area is 159 Å². The fourth-order valence-electron chi connectivity index (χ4n) is 4.52. The molecule has 2 aromatic rings. The highest BCUT2D eigenvalue weighted by molar-refractivity contribution is 6.17. The fraction of sp³-hybridized carbons (Fsp3) is 0.381. The van der Waals surface area contributed by atoms with Crippen LogP contribution < -0.4 is 5.32 Å². The zero-order valence-corrected chi connectivity index (χ0v) is 15.0. The first kappa shape index (κ1) is 17.4. The van der Waals surface area contributed by atoms with Crippen molar-refractivity contribution in [2.24, 2.45) is 4.99 Å². The van der Waals surface area contributed by atoms with Crippen LogP contribution in [0.2, 0.25) is 0 Å². The Morgan fingerprint density at radius 2 is 2.11 bits per heavy atom. The summed E-state index contributed by atoms with van der Waals surface area (Å²) in [6.45, 7) is -0.744. The van der Waals surface area contributed by atoms with E-state index < -0.39 is 18.4 Å². The van der Waals surface area contributed by atoms with Gasteiger partial charge in [-0.2, -0.15) is 0 Å².